The van der Waals surface area contributed by atoms with E-state index >= 15 is 0 Å². The van der Waals surface area contributed by atoms with Crippen molar-refractivity contribution >= 4 is 34.2 Å². The van der Waals surface area contributed by atoms with Crippen molar-refractivity contribution in [2.45, 2.75) is 13.8 Å². The SMILES string of the molecule is C=CCOC(=O)c1sc(NC(=O)c2ccc(OC)cc2)c(C(=O)OCC)c1C. The third kappa shape index (κ3) is 4.77. The van der Waals surface area contributed by atoms with Gasteiger partial charge in [0, 0.05) is 5.56 Å². The van der Waals surface area contributed by atoms with Crippen molar-refractivity contribution in [3.05, 3.63) is 58.5 Å². The van der Waals surface area contributed by atoms with Gasteiger partial charge < -0.3 is 19.5 Å². The topological polar surface area (TPSA) is 90.9 Å². The third-order valence-electron chi connectivity index (χ3n) is 3.72. The zero-order chi connectivity index (χ0) is 20.7. The molecule has 1 aromatic carbocycles. The van der Waals surface area contributed by atoms with Gasteiger partial charge in [-0.15, -0.1) is 11.3 Å². The number of amides is 1. The van der Waals surface area contributed by atoms with E-state index in [4.69, 9.17) is 14.2 Å². The molecule has 0 saturated carbocycles. The minimum absolute atomic E-state index is 0.0401. The van der Waals surface area contributed by atoms with Crippen molar-refractivity contribution in [2.24, 2.45) is 0 Å². The lowest BCUT2D eigenvalue weighted by Crippen LogP contribution is -2.15. The van der Waals surface area contributed by atoms with Crippen LogP contribution in [0.15, 0.2) is 36.9 Å². The molecule has 1 N–H and O–H groups in total. The zero-order valence-electron chi connectivity index (χ0n) is 15.9. The zero-order valence-corrected chi connectivity index (χ0v) is 16.7. The van der Waals surface area contributed by atoms with Gasteiger partial charge in [0.1, 0.15) is 22.2 Å². The Bertz CT molecular complexity index is 885. The van der Waals surface area contributed by atoms with Crippen LogP contribution < -0.4 is 10.1 Å². The van der Waals surface area contributed by atoms with Crippen molar-refractivity contribution in [3.8, 4) is 5.75 Å². The number of esters is 2. The van der Waals surface area contributed by atoms with Crippen LogP contribution in [-0.2, 0) is 9.47 Å². The number of methoxy groups -OCH3 is 1. The number of carbonyl (C=O) groups excluding carboxylic acids is 3. The van der Waals surface area contributed by atoms with Gasteiger partial charge in [-0.3, -0.25) is 4.79 Å². The van der Waals surface area contributed by atoms with Crippen molar-refractivity contribution in [3.63, 3.8) is 0 Å². The van der Waals surface area contributed by atoms with Gasteiger partial charge >= 0.3 is 11.9 Å². The van der Waals surface area contributed by atoms with Crippen molar-refractivity contribution in [2.75, 3.05) is 25.6 Å². The summed E-state index contributed by atoms with van der Waals surface area (Å²) < 4.78 is 15.2. The summed E-state index contributed by atoms with van der Waals surface area (Å²) in [6.45, 7) is 6.98. The van der Waals surface area contributed by atoms with Gasteiger partial charge in [-0.05, 0) is 43.7 Å². The smallest absolute Gasteiger partial charge is 0.348 e. The second-order valence-electron chi connectivity index (χ2n) is 5.55. The average Bonchev–Trinajstić information content (AvgIpc) is 3.02. The first-order valence-electron chi connectivity index (χ1n) is 8.46. The molecular formula is C20H21NO6S. The Balaban J connectivity index is 2.36. The van der Waals surface area contributed by atoms with Crippen LogP contribution in [0.2, 0.25) is 0 Å². The highest BCUT2D eigenvalue weighted by atomic mass is 32.1. The second kappa shape index (κ2) is 9.70. The summed E-state index contributed by atoms with van der Waals surface area (Å²) >= 11 is 0.963. The second-order valence-corrected chi connectivity index (χ2v) is 6.57. The van der Waals surface area contributed by atoms with E-state index in [0.29, 0.717) is 16.9 Å². The molecule has 2 aromatic rings. The van der Waals surface area contributed by atoms with Crippen LogP contribution in [0.5, 0.6) is 5.75 Å². The molecule has 0 radical (unpaired) electrons. The van der Waals surface area contributed by atoms with E-state index in [1.807, 2.05) is 0 Å². The predicted octanol–water partition coefficient (Wildman–Crippen LogP) is 3.84. The number of carbonyl (C=O) groups is 3. The van der Waals surface area contributed by atoms with Crippen LogP contribution in [0.1, 0.15) is 42.9 Å². The molecule has 0 fully saturated rings. The molecule has 1 amide bonds. The standard InChI is InChI=1S/C20H21NO6S/c1-5-11-27-20(24)16-12(3)15(19(23)26-6-2)18(28-16)21-17(22)13-7-9-14(25-4)10-8-13/h5,7-10H,1,6,11H2,2-4H3,(H,21,22). The van der Waals surface area contributed by atoms with Crippen LogP contribution in [0.25, 0.3) is 0 Å². The fraction of sp³-hybridized carbons (Fsp3) is 0.250. The van der Waals surface area contributed by atoms with Crippen LogP contribution in [0, 0.1) is 6.92 Å². The monoisotopic (exact) mass is 403 g/mol. The summed E-state index contributed by atoms with van der Waals surface area (Å²) in [4.78, 5) is 37.4. The summed E-state index contributed by atoms with van der Waals surface area (Å²) in [7, 11) is 1.53. The number of hydrogen-bond acceptors (Lipinski definition) is 7. The molecule has 0 bridgehead atoms. The maximum atomic E-state index is 12.6. The lowest BCUT2D eigenvalue weighted by atomic mass is 10.1. The fourth-order valence-corrected chi connectivity index (χ4v) is 3.45. The number of anilines is 1. The summed E-state index contributed by atoms with van der Waals surface area (Å²) in [6.07, 6.45) is 1.44. The summed E-state index contributed by atoms with van der Waals surface area (Å²) in [5.74, 6) is -1.04. The minimum Gasteiger partial charge on any atom is -0.497 e. The maximum absolute atomic E-state index is 12.6. The molecule has 28 heavy (non-hydrogen) atoms. The van der Waals surface area contributed by atoms with E-state index in [9.17, 15) is 14.4 Å². The van der Waals surface area contributed by atoms with Gasteiger partial charge in [-0.2, -0.15) is 0 Å². The Morgan fingerprint density at radius 2 is 1.82 bits per heavy atom. The molecule has 0 atom stereocenters. The Kier molecular flexibility index (Phi) is 7.34. The molecule has 8 heteroatoms. The summed E-state index contributed by atoms with van der Waals surface area (Å²) in [5.41, 5.74) is 0.902. The van der Waals surface area contributed by atoms with Gasteiger partial charge in [0.15, 0.2) is 0 Å². The Morgan fingerprint density at radius 1 is 1.14 bits per heavy atom. The molecule has 7 nitrogen and oxygen atoms in total. The first-order chi connectivity index (χ1) is 13.4. The average molecular weight is 403 g/mol. The molecular weight excluding hydrogens is 382 g/mol. The number of benzene rings is 1. The summed E-state index contributed by atoms with van der Waals surface area (Å²) in [5, 5.41) is 2.91. The molecule has 0 aliphatic heterocycles. The largest absolute Gasteiger partial charge is 0.497 e. The van der Waals surface area contributed by atoms with Crippen molar-refractivity contribution < 1.29 is 28.6 Å². The highest BCUT2D eigenvalue weighted by Gasteiger charge is 2.27. The number of ether oxygens (including phenoxy) is 3. The normalized spacial score (nSPS) is 10.1. The van der Waals surface area contributed by atoms with E-state index in [1.165, 1.54) is 13.2 Å². The van der Waals surface area contributed by atoms with E-state index in [0.717, 1.165) is 11.3 Å². The number of thiophene rings is 1. The van der Waals surface area contributed by atoms with Gasteiger partial charge in [0.25, 0.3) is 5.91 Å². The van der Waals surface area contributed by atoms with E-state index in [1.54, 1.807) is 38.1 Å². The molecule has 2 rings (SSSR count). The minimum atomic E-state index is -0.621. The fourth-order valence-electron chi connectivity index (χ4n) is 2.36. The molecule has 0 aliphatic rings. The van der Waals surface area contributed by atoms with E-state index in [2.05, 4.69) is 11.9 Å². The molecule has 0 unspecified atom stereocenters. The Morgan fingerprint density at radius 3 is 2.39 bits per heavy atom. The van der Waals surface area contributed by atoms with E-state index in [-0.39, 0.29) is 28.7 Å². The predicted molar refractivity (Wildman–Crippen MR) is 106 cm³/mol. The molecule has 0 saturated heterocycles. The molecule has 1 aromatic heterocycles. The lowest BCUT2D eigenvalue weighted by molar-refractivity contribution is 0.0527. The number of hydrogen-bond donors (Lipinski definition) is 1. The first-order valence-corrected chi connectivity index (χ1v) is 9.28. The molecule has 0 aliphatic carbocycles. The molecule has 148 valence electrons. The van der Waals surface area contributed by atoms with Crippen LogP contribution in [0.4, 0.5) is 5.00 Å². The number of nitrogens with one attached hydrogen (secondary N) is 1. The van der Waals surface area contributed by atoms with Crippen LogP contribution in [-0.4, -0.2) is 38.2 Å². The summed E-state index contributed by atoms with van der Waals surface area (Å²) in [6, 6.07) is 6.49. The lowest BCUT2D eigenvalue weighted by Gasteiger charge is -2.07. The Hall–Kier alpha value is -3.13. The quantitative estimate of drug-likeness (QED) is 0.532. The molecule has 0 spiro atoms. The molecule has 1 heterocycles. The van der Waals surface area contributed by atoms with Gasteiger partial charge in [-0.25, -0.2) is 9.59 Å². The first kappa shape index (κ1) is 21.2. The van der Waals surface area contributed by atoms with Crippen LogP contribution >= 0.6 is 11.3 Å². The third-order valence-corrected chi connectivity index (χ3v) is 4.91. The van der Waals surface area contributed by atoms with Gasteiger partial charge in [-0.1, -0.05) is 12.7 Å². The van der Waals surface area contributed by atoms with Crippen molar-refractivity contribution in [1.29, 1.82) is 0 Å². The van der Waals surface area contributed by atoms with Gasteiger partial charge in [0.05, 0.1) is 19.3 Å². The van der Waals surface area contributed by atoms with Crippen LogP contribution in [0.3, 0.4) is 0 Å². The number of rotatable bonds is 8. The highest BCUT2D eigenvalue weighted by Crippen LogP contribution is 2.34. The Labute approximate surface area is 166 Å². The van der Waals surface area contributed by atoms with Gasteiger partial charge in [0.2, 0.25) is 0 Å². The van der Waals surface area contributed by atoms with E-state index < -0.39 is 17.8 Å². The highest BCUT2D eigenvalue weighted by molar-refractivity contribution is 7.18. The van der Waals surface area contributed by atoms with Crippen molar-refractivity contribution in [1.82, 2.24) is 0 Å². The maximum Gasteiger partial charge on any atom is 0.348 e.